The molecular weight excluding hydrogens is 376 g/mol. The lowest BCUT2D eigenvalue weighted by atomic mass is 10.1. The SMILES string of the molecule is Cc1ccccc1OCC(=O)N(CCc1ccccc1)C(C)C(=O)NC1CCCC1. The lowest BCUT2D eigenvalue weighted by Gasteiger charge is -2.29. The van der Waals surface area contributed by atoms with Crippen molar-refractivity contribution in [2.24, 2.45) is 0 Å². The Hall–Kier alpha value is -2.82. The van der Waals surface area contributed by atoms with Crippen molar-refractivity contribution in [1.82, 2.24) is 10.2 Å². The van der Waals surface area contributed by atoms with Gasteiger partial charge in [0, 0.05) is 12.6 Å². The predicted octanol–water partition coefficient (Wildman–Crippen LogP) is 3.89. The Balaban J connectivity index is 1.66. The molecule has 0 heterocycles. The summed E-state index contributed by atoms with van der Waals surface area (Å²) in [5.41, 5.74) is 2.12. The van der Waals surface area contributed by atoms with E-state index in [4.69, 9.17) is 4.74 Å². The number of ether oxygens (including phenoxy) is 1. The second-order valence-corrected chi connectivity index (χ2v) is 8.04. The first-order chi connectivity index (χ1) is 14.5. The maximum atomic E-state index is 13.1. The lowest BCUT2D eigenvalue weighted by molar-refractivity contribution is -0.141. The van der Waals surface area contributed by atoms with Crippen molar-refractivity contribution >= 4 is 11.8 Å². The summed E-state index contributed by atoms with van der Waals surface area (Å²) in [5.74, 6) is 0.430. The number of rotatable bonds is 9. The maximum absolute atomic E-state index is 13.1. The van der Waals surface area contributed by atoms with Gasteiger partial charge in [0.2, 0.25) is 5.91 Å². The van der Waals surface area contributed by atoms with E-state index in [2.05, 4.69) is 5.32 Å². The van der Waals surface area contributed by atoms with E-state index in [0.29, 0.717) is 18.7 Å². The molecule has 0 spiro atoms. The summed E-state index contributed by atoms with van der Waals surface area (Å²) in [4.78, 5) is 27.5. The number of amides is 2. The van der Waals surface area contributed by atoms with E-state index in [-0.39, 0.29) is 24.5 Å². The summed E-state index contributed by atoms with van der Waals surface area (Å²) in [7, 11) is 0. The summed E-state index contributed by atoms with van der Waals surface area (Å²) >= 11 is 0. The average Bonchev–Trinajstić information content (AvgIpc) is 3.27. The number of aryl methyl sites for hydroxylation is 1. The van der Waals surface area contributed by atoms with Gasteiger partial charge in [0.15, 0.2) is 6.61 Å². The van der Waals surface area contributed by atoms with Crippen LogP contribution in [0.5, 0.6) is 5.75 Å². The zero-order valence-corrected chi connectivity index (χ0v) is 18.0. The maximum Gasteiger partial charge on any atom is 0.261 e. The van der Waals surface area contributed by atoms with Crippen LogP contribution in [0.4, 0.5) is 0 Å². The minimum absolute atomic E-state index is 0.0826. The molecule has 2 aromatic rings. The molecule has 0 radical (unpaired) electrons. The van der Waals surface area contributed by atoms with Crippen LogP contribution in [0.1, 0.15) is 43.7 Å². The van der Waals surface area contributed by atoms with Gasteiger partial charge >= 0.3 is 0 Å². The molecule has 1 atom stereocenters. The van der Waals surface area contributed by atoms with Crippen LogP contribution in [0.3, 0.4) is 0 Å². The van der Waals surface area contributed by atoms with Crippen molar-refractivity contribution in [2.75, 3.05) is 13.2 Å². The first-order valence-electron chi connectivity index (χ1n) is 10.9. The molecule has 0 aromatic heterocycles. The van der Waals surface area contributed by atoms with Gasteiger partial charge in [-0.1, -0.05) is 61.4 Å². The van der Waals surface area contributed by atoms with Crippen molar-refractivity contribution in [1.29, 1.82) is 0 Å². The molecule has 5 heteroatoms. The van der Waals surface area contributed by atoms with Gasteiger partial charge in [-0.05, 0) is 50.3 Å². The summed E-state index contributed by atoms with van der Waals surface area (Å²) in [5, 5.41) is 3.12. The first-order valence-corrected chi connectivity index (χ1v) is 10.9. The molecule has 160 valence electrons. The van der Waals surface area contributed by atoms with Gasteiger partial charge in [0.25, 0.3) is 5.91 Å². The Labute approximate surface area is 179 Å². The molecular formula is C25H32N2O3. The van der Waals surface area contributed by atoms with Crippen molar-refractivity contribution in [3.63, 3.8) is 0 Å². The highest BCUT2D eigenvalue weighted by Crippen LogP contribution is 2.19. The van der Waals surface area contributed by atoms with Gasteiger partial charge in [-0.25, -0.2) is 0 Å². The molecule has 2 aromatic carbocycles. The van der Waals surface area contributed by atoms with Crippen molar-refractivity contribution in [3.05, 3.63) is 65.7 Å². The Kier molecular flexibility index (Phi) is 7.89. The van der Waals surface area contributed by atoms with Crippen LogP contribution in [0, 0.1) is 6.92 Å². The number of hydrogen-bond donors (Lipinski definition) is 1. The zero-order chi connectivity index (χ0) is 21.3. The van der Waals surface area contributed by atoms with Gasteiger partial charge in [-0.2, -0.15) is 0 Å². The predicted molar refractivity (Wildman–Crippen MR) is 118 cm³/mol. The highest BCUT2D eigenvalue weighted by molar-refractivity contribution is 5.88. The van der Waals surface area contributed by atoms with Crippen LogP contribution in [0.2, 0.25) is 0 Å². The Morgan fingerprint density at radius 3 is 2.43 bits per heavy atom. The summed E-state index contributed by atoms with van der Waals surface area (Å²) in [6.07, 6.45) is 5.04. The van der Waals surface area contributed by atoms with Crippen LogP contribution in [-0.4, -0.2) is 41.9 Å². The third-order valence-corrected chi connectivity index (χ3v) is 5.80. The molecule has 0 saturated heterocycles. The number of carbonyl (C=O) groups excluding carboxylic acids is 2. The normalized spacial score (nSPS) is 14.9. The Morgan fingerprint density at radius 2 is 1.73 bits per heavy atom. The number of benzene rings is 2. The van der Waals surface area contributed by atoms with Crippen molar-refractivity contribution < 1.29 is 14.3 Å². The smallest absolute Gasteiger partial charge is 0.261 e. The zero-order valence-electron chi connectivity index (χ0n) is 18.0. The third-order valence-electron chi connectivity index (χ3n) is 5.80. The van der Waals surface area contributed by atoms with Crippen LogP contribution in [-0.2, 0) is 16.0 Å². The monoisotopic (exact) mass is 408 g/mol. The molecule has 1 unspecified atom stereocenters. The quantitative estimate of drug-likeness (QED) is 0.685. The van der Waals surface area contributed by atoms with Gasteiger partial charge in [0.1, 0.15) is 11.8 Å². The number of nitrogens with zero attached hydrogens (tertiary/aromatic N) is 1. The molecule has 1 fully saturated rings. The van der Waals surface area contributed by atoms with Crippen molar-refractivity contribution in [3.8, 4) is 5.75 Å². The summed E-state index contributed by atoms with van der Waals surface area (Å²) in [6, 6.07) is 17.3. The fourth-order valence-corrected chi connectivity index (χ4v) is 3.90. The van der Waals surface area contributed by atoms with Gasteiger partial charge in [-0.15, -0.1) is 0 Å². The van der Waals surface area contributed by atoms with Gasteiger partial charge in [-0.3, -0.25) is 9.59 Å². The second kappa shape index (κ2) is 10.8. The van der Waals surface area contributed by atoms with E-state index in [1.807, 2.05) is 61.5 Å². The van der Waals surface area contributed by atoms with Gasteiger partial charge in [0.05, 0.1) is 0 Å². The minimum Gasteiger partial charge on any atom is -0.484 e. The molecule has 2 amide bonds. The van der Waals surface area contributed by atoms with E-state index < -0.39 is 6.04 Å². The van der Waals surface area contributed by atoms with Crippen LogP contribution in [0.25, 0.3) is 0 Å². The molecule has 5 nitrogen and oxygen atoms in total. The number of para-hydroxylation sites is 1. The van der Waals surface area contributed by atoms with Crippen LogP contribution >= 0.6 is 0 Å². The molecule has 1 aliphatic rings. The molecule has 1 N–H and O–H groups in total. The fraction of sp³-hybridized carbons (Fsp3) is 0.440. The average molecular weight is 409 g/mol. The number of hydrogen-bond acceptors (Lipinski definition) is 3. The van der Waals surface area contributed by atoms with Crippen LogP contribution in [0.15, 0.2) is 54.6 Å². The Bertz CT molecular complexity index is 831. The topological polar surface area (TPSA) is 58.6 Å². The van der Waals surface area contributed by atoms with E-state index in [1.165, 1.54) is 0 Å². The molecule has 1 aliphatic carbocycles. The largest absolute Gasteiger partial charge is 0.484 e. The minimum atomic E-state index is -0.540. The molecule has 0 aliphatic heterocycles. The van der Waals surface area contributed by atoms with E-state index in [0.717, 1.165) is 36.8 Å². The van der Waals surface area contributed by atoms with E-state index >= 15 is 0 Å². The number of carbonyl (C=O) groups is 2. The van der Waals surface area contributed by atoms with Crippen LogP contribution < -0.4 is 10.1 Å². The summed E-state index contributed by atoms with van der Waals surface area (Å²) < 4.78 is 5.77. The standard InChI is InChI=1S/C25H32N2O3/c1-19-10-6-9-15-23(19)30-18-24(28)27(17-16-21-11-4-3-5-12-21)20(2)25(29)26-22-13-7-8-14-22/h3-6,9-12,15,20,22H,7-8,13-14,16-18H2,1-2H3,(H,26,29). The van der Waals surface area contributed by atoms with Gasteiger partial charge < -0.3 is 15.0 Å². The fourth-order valence-electron chi connectivity index (χ4n) is 3.90. The molecule has 30 heavy (non-hydrogen) atoms. The highest BCUT2D eigenvalue weighted by atomic mass is 16.5. The van der Waals surface area contributed by atoms with E-state index in [1.54, 1.807) is 11.8 Å². The third kappa shape index (κ3) is 6.09. The lowest BCUT2D eigenvalue weighted by Crippen LogP contribution is -2.51. The first kappa shape index (κ1) is 21.9. The summed E-state index contributed by atoms with van der Waals surface area (Å²) in [6.45, 7) is 4.14. The second-order valence-electron chi connectivity index (χ2n) is 8.04. The molecule has 3 rings (SSSR count). The Morgan fingerprint density at radius 1 is 1.07 bits per heavy atom. The molecule has 1 saturated carbocycles. The van der Waals surface area contributed by atoms with E-state index in [9.17, 15) is 9.59 Å². The highest BCUT2D eigenvalue weighted by Gasteiger charge is 2.28. The van der Waals surface area contributed by atoms with Crippen molar-refractivity contribution in [2.45, 2.75) is 58.0 Å². The molecule has 0 bridgehead atoms. The number of nitrogens with one attached hydrogen (secondary N) is 1.